The van der Waals surface area contributed by atoms with Crippen molar-refractivity contribution >= 4 is 34.9 Å². The molecule has 0 aromatic heterocycles. The van der Waals surface area contributed by atoms with Crippen molar-refractivity contribution in [3.05, 3.63) is 33.8 Å². The molecule has 116 valence electrons. The maximum atomic E-state index is 12.1. The maximum absolute atomic E-state index is 12.1. The summed E-state index contributed by atoms with van der Waals surface area (Å²) in [6.07, 6.45) is 0. The third kappa shape index (κ3) is 6.44. The topological polar surface area (TPSA) is 58.6 Å². The van der Waals surface area contributed by atoms with Gasteiger partial charge in [0.15, 0.2) is 5.78 Å². The summed E-state index contributed by atoms with van der Waals surface area (Å²) in [7, 11) is 3.25. The predicted molar refractivity (Wildman–Crippen MR) is 83.2 cm³/mol. The van der Waals surface area contributed by atoms with Crippen LogP contribution < -0.4 is 5.32 Å². The van der Waals surface area contributed by atoms with Gasteiger partial charge in [0.25, 0.3) is 0 Å². The second-order valence-corrected chi connectivity index (χ2v) is 5.41. The lowest BCUT2D eigenvalue weighted by Gasteiger charge is -2.16. The van der Waals surface area contributed by atoms with Gasteiger partial charge in [-0.1, -0.05) is 23.2 Å². The molecular weight excluding hydrogens is 315 g/mol. The number of hydrogen-bond acceptors (Lipinski definition) is 4. The lowest BCUT2D eigenvalue weighted by Crippen LogP contribution is -2.38. The molecule has 0 aliphatic carbocycles. The first kappa shape index (κ1) is 17.9. The summed E-state index contributed by atoms with van der Waals surface area (Å²) < 4.78 is 4.83. The Morgan fingerprint density at radius 2 is 2.00 bits per heavy atom. The number of hydrogen-bond donors (Lipinski definition) is 1. The van der Waals surface area contributed by atoms with Crippen LogP contribution in [0.2, 0.25) is 10.0 Å². The first-order valence-corrected chi connectivity index (χ1v) is 7.12. The van der Waals surface area contributed by atoms with Gasteiger partial charge in [0, 0.05) is 24.2 Å². The van der Waals surface area contributed by atoms with Gasteiger partial charge < -0.3 is 10.1 Å². The molecule has 0 bridgehead atoms. The number of likely N-dealkylation sites (N-methyl/N-ethyl adjacent to an activating group) is 1. The van der Waals surface area contributed by atoms with Gasteiger partial charge in [0.1, 0.15) is 0 Å². The standard InChI is InChI=1S/C14H18Cl2N2O3/c1-18(9-14(20)17-5-6-21-2)8-13(19)11-7-10(15)3-4-12(11)16/h3-4,7H,5-6,8-9H2,1-2H3,(H,17,20). The number of rotatable bonds is 8. The number of amides is 1. The van der Waals surface area contributed by atoms with Crippen LogP contribution in [0.4, 0.5) is 0 Å². The van der Waals surface area contributed by atoms with Crippen LogP contribution in [-0.4, -0.2) is 57.0 Å². The molecule has 21 heavy (non-hydrogen) atoms. The average Bonchev–Trinajstić information content (AvgIpc) is 2.41. The van der Waals surface area contributed by atoms with Crippen molar-refractivity contribution < 1.29 is 14.3 Å². The van der Waals surface area contributed by atoms with Crippen LogP contribution in [-0.2, 0) is 9.53 Å². The molecule has 1 aromatic rings. The summed E-state index contributed by atoms with van der Waals surface area (Å²) >= 11 is 11.8. The number of ether oxygens (including phenoxy) is 1. The Balaban J connectivity index is 2.50. The lowest BCUT2D eigenvalue weighted by atomic mass is 10.1. The zero-order chi connectivity index (χ0) is 15.8. The van der Waals surface area contributed by atoms with E-state index >= 15 is 0 Å². The summed E-state index contributed by atoms with van der Waals surface area (Å²) in [5.41, 5.74) is 0.357. The second-order valence-electron chi connectivity index (χ2n) is 4.56. The minimum absolute atomic E-state index is 0.0811. The molecule has 5 nitrogen and oxygen atoms in total. The summed E-state index contributed by atoms with van der Waals surface area (Å²) in [5.74, 6) is -0.353. The van der Waals surface area contributed by atoms with E-state index < -0.39 is 0 Å². The molecular formula is C14H18Cl2N2O3. The Bertz CT molecular complexity index is 509. The lowest BCUT2D eigenvalue weighted by molar-refractivity contribution is -0.122. The number of carbonyl (C=O) groups excluding carboxylic acids is 2. The van der Waals surface area contributed by atoms with Crippen molar-refractivity contribution in [3.8, 4) is 0 Å². The Kier molecular flexibility index (Phi) is 7.67. The minimum Gasteiger partial charge on any atom is -0.383 e. The third-order valence-electron chi connectivity index (χ3n) is 2.68. The van der Waals surface area contributed by atoms with Crippen LogP contribution in [0.25, 0.3) is 0 Å². The van der Waals surface area contributed by atoms with Crippen LogP contribution in [0.15, 0.2) is 18.2 Å². The molecule has 0 unspecified atom stereocenters. The average molecular weight is 333 g/mol. The molecule has 0 aliphatic rings. The van der Waals surface area contributed by atoms with E-state index in [1.807, 2.05) is 0 Å². The molecule has 0 fully saturated rings. The van der Waals surface area contributed by atoms with Crippen molar-refractivity contribution in [1.82, 2.24) is 10.2 Å². The van der Waals surface area contributed by atoms with E-state index in [-0.39, 0.29) is 24.8 Å². The maximum Gasteiger partial charge on any atom is 0.234 e. The van der Waals surface area contributed by atoms with E-state index in [0.29, 0.717) is 28.8 Å². The smallest absolute Gasteiger partial charge is 0.234 e. The monoisotopic (exact) mass is 332 g/mol. The third-order valence-corrected chi connectivity index (χ3v) is 3.25. The highest BCUT2D eigenvalue weighted by atomic mass is 35.5. The van der Waals surface area contributed by atoms with Gasteiger partial charge in [-0.25, -0.2) is 0 Å². The Labute approximate surface area is 134 Å². The number of nitrogens with one attached hydrogen (secondary N) is 1. The zero-order valence-electron chi connectivity index (χ0n) is 12.0. The zero-order valence-corrected chi connectivity index (χ0v) is 13.5. The molecule has 1 amide bonds. The molecule has 0 saturated carbocycles. The van der Waals surface area contributed by atoms with Crippen molar-refractivity contribution in [3.63, 3.8) is 0 Å². The molecule has 0 heterocycles. The van der Waals surface area contributed by atoms with Gasteiger partial charge in [0.05, 0.1) is 24.7 Å². The molecule has 7 heteroatoms. The van der Waals surface area contributed by atoms with Gasteiger partial charge in [-0.05, 0) is 25.2 Å². The fourth-order valence-corrected chi connectivity index (χ4v) is 2.09. The largest absolute Gasteiger partial charge is 0.383 e. The fraction of sp³-hybridized carbons (Fsp3) is 0.429. The first-order valence-electron chi connectivity index (χ1n) is 6.36. The van der Waals surface area contributed by atoms with E-state index in [1.54, 1.807) is 31.2 Å². The van der Waals surface area contributed by atoms with E-state index in [0.717, 1.165) is 0 Å². The van der Waals surface area contributed by atoms with Crippen molar-refractivity contribution in [2.75, 3.05) is 40.4 Å². The summed E-state index contributed by atoms with van der Waals surface area (Å²) in [5, 5.41) is 3.48. The minimum atomic E-state index is -0.185. The molecule has 1 rings (SSSR count). The Morgan fingerprint density at radius 3 is 2.67 bits per heavy atom. The van der Waals surface area contributed by atoms with Crippen molar-refractivity contribution in [2.24, 2.45) is 0 Å². The molecule has 0 spiro atoms. The number of halogens is 2. The van der Waals surface area contributed by atoms with Gasteiger partial charge in [0.2, 0.25) is 5.91 Å². The number of carbonyl (C=O) groups is 2. The normalized spacial score (nSPS) is 10.7. The van der Waals surface area contributed by atoms with E-state index in [2.05, 4.69) is 5.32 Å². The quantitative estimate of drug-likeness (QED) is 0.583. The van der Waals surface area contributed by atoms with Crippen LogP contribution >= 0.6 is 23.2 Å². The highest BCUT2D eigenvalue weighted by Crippen LogP contribution is 2.21. The SMILES string of the molecule is COCCNC(=O)CN(C)CC(=O)c1cc(Cl)ccc1Cl. The second kappa shape index (κ2) is 9.00. The first-order chi connectivity index (χ1) is 9.93. The Hall–Kier alpha value is -1.14. The van der Waals surface area contributed by atoms with Crippen LogP contribution in [0, 0.1) is 0 Å². The Morgan fingerprint density at radius 1 is 1.29 bits per heavy atom. The highest BCUT2D eigenvalue weighted by molar-refractivity contribution is 6.36. The van der Waals surface area contributed by atoms with Crippen molar-refractivity contribution in [2.45, 2.75) is 0 Å². The van der Waals surface area contributed by atoms with Gasteiger partial charge in [-0.2, -0.15) is 0 Å². The molecule has 0 saturated heterocycles. The molecule has 1 N–H and O–H groups in total. The van der Waals surface area contributed by atoms with Gasteiger partial charge in [-0.15, -0.1) is 0 Å². The number of methoxy groups -OCH3 is 1. The number of Topliss-reactive ketones (excluding diaryl/α,β-unsaturated/α-hetero) is 1. The van der Waals surface area contributed by atoms with Crippen molar-refractivity contribution in [1.29, 1.82) is 0 Å². The van der Waals surface area contributed by atoms with Gasteiger partial charge >= 0.3 is 0 Å². The number of nitrogens with zero attached hydrogens (tertiary/aromatic N) is 1. The van der Waals surface area contributed by atoms with Gasteiger partial charge in [-0.3, -0.25) is 14.5 Å². The molecule has 1 aromatic carbocycles. The van der Waals surface area contributed by atoms with E-state index in [1.165, 1.54) is 6.07 Å². The number of benzene rings is 1. The number of ketones is 1. The van der Waals surface area contributed by atoms with Crippen LogP contribution in [0.3, 0.4) is 0 Å². The summed E-state index contributed by atoms with van der Waals surface area (Å²) in [6, 6.07) is 4.72. The van der Waals surface area contributed by atoms with E-state index in [9.17, 15) is 9.59 Å². The summed E-state index contributed by atoms with van der Waals surface area (Å²) in [6.45, 7) is 1.09. The molecule has 0 atom stereocenters. The summed E-state index contributed by atoms with van der Waals surface area (Å²) in [4.78, 5) is 25.3. The van der Waals surface area contributed by atoms with Crippen LogP contribution in [0.5, 0.6) is 0 Å². The highest BCUT2D eigenvalue weighted by Gasteiger charge is 2.15. The van der Waals surface area contributed by atoms with Crippen LogP contribution in [0.1, 0.15) is 10.4 Å². The fourth-order valence-electron chi connectivity index (χ4n) is 1.69. The van der Waals surface area contributed by atoms with E-state index in [4.69, 9.17) is 27.9 Å². The molecule has 0 aliphatic heterocycles. The molecule has 0 radical (unpaired) electrons. The predicted octanol–water partition coefficient (Wildman–Crippen LogP) is 1.87.